The molecule has 6 nitrogen and oxygen atoms in total. The van der Waals surface area contributed by atoms with Gasteiger partial charge in [-0.15, -0.1) is 12.4 Å². The van der Waals surface area contributed by atoms with Crippen molar-refractivity contribution >= 4 is 24.5 Å². The van der Waals surface area contributed by atoms with Gasteiger partial charge in [-0.25, -0.2) is 4.79 Å². The van der Waals surface area contributed by atoms with Gasteiger partial charge in [0.25, 0.3) is 0 Å². The Morgan fingerprint density at radius 1 is 1.31 bits per heavy atom. The number of ether oxygens (including phenoxy) is 1. The second-order valence-electron chi connectivity index (χ2n) is 4.58. The number of nitrogens with one attached hydrogen (secondary N) is 1. The molecule has 0 saturated heterocycles. The monoisotopic (exact) mass is 254 g/mol. The SMILES string of the molecule is CC(C)(C)OC(=O)NC[C@@](C)(N)C(=O)O.Cl. The zero-order chi connectivity index (χ0) is 12.3. The summed E-state index contributed by atoms with van der Waals surface area (Å²) >= 11 is 0. The summed E-state index contributed by atoms with van der Waals surface area (Å²) in [5, 5.41) is 11.0. The molecule has 0 aromatic heterocycles. The number of carboxylic acid groups (broad SMARTS) is 1. The van der Waals surface area contributed by atoms with Gasteiger partial charge < -0.3 is 20.9 Å². The minimum Gasteiger partial charge on any atom is -0.480 e. The summed E-state index contributed by atoms with van der Waals surface area (Å²) in [6.45, 7) is 6.27. The molecule has 0 aromatic rings. The molecular weight excluding hydrogens is 236 g/mol. The fourth-order valence-electron chi connectivity index (χ4n) is 0.646. The van der Waals surface area contributed by atoms with Crippen LogP contribution in [0.4, 0.5) is 4.79 Å². The number of amides is 1. The molecule has 0 fully saturated rings. The first-order valence-corrected chi connectivity index (χ1v) is 4.54. The van der Waals surface area contributed by atoms with Gasteiger partial charge in [-0.1, -0.05) is 0 Å². The molecule has 1 atom stereocenters. The fourth-order valence-corrected chi connectivity index (χ4v) is 0.646. The van der Waals surface area contributed by atoms with Gasteiger partial charge in [0.05, 0.1) is 0 Å². The highest BCUT2D eigenvalue weighted by Crippen LogP contribution is 2.06. The summed E-state index contributed by atoms with van der Waals surface area (Å²) in [5.74, 6) is -1.18. The Balaban J connectivity index is 0. The van der Waals surface area contributed by atoms with Gasteiger partial charge in [0.1, 0.15) is 11.1 Å². The van der Waals surface area contributed by atoms with Crippen molar-refractivity contribution in [1.82, 2.24) is 5.32 Å². The largest absolute Gasteiger partial charge is 0.480 e. The van der Waals surface area contributed by atoms with Gasteiger partial charge in [0.2, 0.25) is 0 Å². The number of carbonyl (C=O) groups is 2. The maximum atomic E-state index is 11.1. The number of carbonyl (C=O) groups excluding carboxylic acids is 1. The van der Waals surface area contributed by atoms with Crippen LogP contribution in [0.5, 0.6) is 0 Å². The molecule has 7 heteroatoms. The van der Waals surface area contributed by atoms with Crippen molar-refractivity contribution in [2.75, 3.05) is 6.54 Å². The Kier molecular flexibility index (Phi) is 6.42. The third-order valence-electron chi connectivity index (χ3n) is 1.49. The van der Waals surface area contributed by atoms with Crippen LogP contribution in [0.15, 0.2) is 0 Å². The minimum absolute atomic E-state index is 0. The van der Waals surface area contributed by atoms with E-state index in [-0.39, 0.29) is 19.0 Å². The minimum atomic E-state index is -1.49. The van der Waals surface area contributed by atoms with Gasteiger partial charge >= 0.3 is 12.1 Å². The molecule has 0 radical (unpaired) electrons. The van der Waals surface area contributed by atoms with Crippen molar-refractivity contribution < 1.29 is 19.4 Å². The van der Waals surface area contributed by atoms with E-state index in [1.807, 2.05) is 0 Å². The maximum Gasteiger partial charge on any atom is 0.407 e. The first-order chi connectivity index (χ1) is 6.54. The molecule has 1 amide bonds. The number of carboxylic acids is 1. The molecule has 0 heterocycles. The molecule has 0 rings (SSSR count). The van der Waals surface area contributed by atoms with Crippen LogP contribution < -0.4 is 11.1 Å². The highest BCUT2D eigenvalue weighted by molar-refractivity contribution is 5.85. The Bertz CT molecular complexity index is 261. The predicted molar refractivity (Wildman–Crippen MR) is 61.7 cm³/mol. The van der Waals surface area contributed by atoms with Crippen molar-refractivity contribution in [2.45, 2.75) is 38.8 Å². The van der Waals surface area contributed by atoms with Gasteiger partial charge in [-0.2, -0.15) is 0 Å². The highest BCUT2D eigenvalue weighted by atomic mass is 35.5. The van der Waals surface area contributed by atoms with Crippen molar-refractivity contribution in [3.8, 4) is 0 Å². The molecule has 0 bridgehead atoms. The smallest absolute Gasteiger partial charge is 0.407 e. The molecule has 0 unspecified atom stereocenters. The van der Waals surface area contributed by atoms with E-state index in [4.69, 9.17) is 15.6 Å². The number of rotatable bonds is 3. The van der Waals surface area contributed by atoms with Gasteiger partial charge in [-0.3, -0.25) is 4.79 Å². The quantitative estimate of drug-likeness (QED) is 0.689. The molecule has 4 N–H and O–H groups in total. The predicted octanol–water partition coefficient (Wildman–Crippen LogP) is 0.735. The Morgan fingerprint density at radius 2 is 1.75 bits per heavy atom. The van der Waals surface area contributed by atoms with E-state index in [1.165, 1.54) is 6.92 Å². The van der Waals surface area contributed by atoms with Gasteiger partial charge in [-0.05, 0) is 27.7 Å². The molecule has 0 aliphatic rings. The van der Waals surface area contributed by atoms with E-state index in [2.05, 4.69) is 5.32 Å². The number of nitrogens with two attached hydrogens (primary N) is 1. The number of halogens is 1. The molecular formula is C9H19ClN2O4. The standard InChI is InChI=1S/C9H18N2O4.ClH/c1-8(2,3)15-7(14)11-5-9(4,10)6(12)13;/h5,10H2,1-4H3,(H,11,14)(H,12,13);1H/t9-;/m1./s1. The average molecular weight is 255 g/mol. The lowest BCUT2D eigenvalue weighted by atomic mass is 10.1. The third-order valence-corrected chi connectivity index (χ3v) is 1.49. The zero-order valence-electron chi connectivity index (χ0n) is 9.86. The second kappa shape index (κ2) is 5.91. The summed E-state index contributed by atoms with van der Waals surface area (Å²) in [6.07, 6.45) is -0.680. The van der Waals surface area contributed by atoms with E-state index < -0.39 is 23.2 Å². The third kappa shape index (κ3) is 7.30. The summed E-state index contributed by atoms with van der Waals surface area (Å²) in [4.78, 5) is 21.7. The van der Waals surface area contributed by atoms with E-state index in [1.54, 1.807) is 20.8 Å². The molecule has 0 aromatic carbocycles. The van der Waals surface area contributed by atoms with Gasteiger partial charge in [0.15, 0.2) is 0 Å². The van der Waals surface area contributed by atoms with Crippen molar-refractivity contribution in [1.29, 1.82) is 0 Å². The van der Waals surface area contributed by atoms with Crippen molar-refractivity contribution in [3.05, 3.63) is 0 Å². The Morgan fingerprint density at radius 3 is 2.06 bits per heavy atom. The highest BCUT2D eigenvalue weighted by Gasteiger charge is 2.29. The second-order valence-corrected chi connectivity index (χ2v) is 4.58. The molecule has 0 spiro atoms. The molecule has 0 aliphatic heterocycles. The lowest BCUT2D eigenvalue weighted by Gasteiger charge is -2.23. The van der Waals surface area contributed by atoms with Crippen LogP contribution in [-0.4, -0.2) is 34.9 Å². The van der Waals surface area contributed by atoms with E-state index in [9.17, 15) is 9.59 Å². The lowest BCUT2D eigenvalue weighted by molar-refractivity contribution is -0.142. The normalized spacial score (nSPS) is 14.3. The van der Waals surface area contributed by atoms with Crippen LogP contribution in [0.25, 0.3) is 0 Å². The van der Waals surface area contributed by atoms with Gasteiger partial charge in [0, 0.05) is 6.54 Å². The number of aliphatic carboxylic acids is 1. The van der Waals surface area contributed by atoms with E-state index in [0.29, 0.717) is 0 Å². The first-order valence-electron chi connectivity index (χ1n) is 4.54. The van der Waals surface area contributed by atoms with Crippen LogP contribution in [0.2, 0.25) is 0 Å². The molecule has 0 saturated carbocycles. The van der Waals surface area contributed by atoms with Crippen LogP contribution >= 0.6 is 12.4 Å². The van der Waals surface area contributed by atoms with E-state index in [0.717, 1.165) is 0 Å². The number of alkyl carbamates (subject to hydrolysis) is 1. The van der Waals surface area contributed by atoms with E-state index >= 15 is 0 Å². The van der Waals surface area contributed by atoms with Crippen molar-refractivity contribution in [3.63, 3.8) is 0 Å². The van der Waals surface area contributed by atoms with Crippen LogP contribution in [0.3, 0.4) is 0 Å². The molecule has 96 valence electrons. The Labute approximate surface area is 101 Å². The summed E-state index contributed by atoms with van der Waals surface area (Å²) in [5.41, 5.74) is 3.30. The number of hydrogen-bond donors (Lipinski definition) is 3. The fraction of sp³-hybridized carbons (Fsp3) is 0.778. The zero-order valence-corrected chi connectivity index (χ0v) is 10.7. The maximum absolute atomic E-state index is 11.1. The van der Waals surface area contributed by atoms with Crippen LogP contribution in [0.1, 0.15) is 27.7 Å². The van der Waals surface area contributed by atoms with Crippen LogP contribution in [0, 0.1) is 0 Å². The Hall–Kier alpha value is -1.01. The van der Waals surface area contributed by atoms with Crippen LogP contribution in [-0.2, 0) is 9.53 Å². The lowest BCUT2D eigenvalue weighted by Crippen LogP contribution is -2.54. The summed E-state index contributed by atoms with van der Waals surface area (Å²) in [7, 11) is 0. The topological polar surface area (TPSA) is 102 Å². The summed E-state index contributed by atoms with van der Waals surface area (Å²) in [6, 6.07) is 0. The molecule has 16 heavy (non-hydrogen) atoms. The van der Waals surface area contributed by atoms with Crippen molar-refractivity contribution in [2.24, 2.45) is 5.73 Å². The summed E-state index contributed by atoms with van der Waals surface area (Å²) < 4.78 is 4.91. The average Bonchev–Trinajstić information content (AvgIpc) is 1.97. The first kappa shape index (κ1) is 17.4. The molecule has 0 aliphatic carbocycles. The number of hydrogen-bond acceptors (Lipinski definition) is 4.